The summed E-state index contributed by atoms with van der Waals surface area (Å²) in [6.07, 6.45) is 1.13. The molecule has 0 saturated heterocycles. The van der Waals surface area contributed by atoms with E-state index in [9.17, 15) is 4.79 Å². The Kier molecular flexibility index (Phi) is 3.02. The third-order valence-corrected chi connectivity index (χ3v) is 1.51. The molecule has 6 nitrogen and oxygen atoms in total. The molecule has 0 aliphatic heterocycles. The molecule has 0 atom stereocenters. The summed E-state index contributed by atoms with van der Waals surface area (Å²) in [6.45, 7) is 0. The molecular weight excluding hydrogens is 198 g/mol. The number of nitrogens with zero attached hydrogens (tertiary/aromatic N) is 1. The number of hydrazine groups is 1. The quantitative estimate of drug-likeness (QED) is 0.210. The highest BCUT2D eigenvalue weighted by atomic mass is 35.5. The molecule has 7 heteroatoms. The molecule has 0 aliphatic rings. The van der Waals surface area contributed by atoms with Crippen LogP contribution in [0.5, 0.6) is 5.75 Å². The Morgan fingerprint density at radius 1 is 1.77 bits per heavy atom. The van der Waals surface area contributed by atoms with E-state index in [0.717, 1.165) is 6.20 Å². The molecule has 70 valence electrons. The minimum Gasteiger partial charge on any atom is -0.339 e. The molecule has 0 radical (unpaired) electrons. The molecule has 0 fully saturated rings. The average Bonchev–Trinajstić information content (AvgIpc) is 2.16. The highest BCUT2D eigenvalue weighted by molar-refractivity contribution is 6.29. The molecule has 0 aliphatic carbocycles. The molecule has 1 aromatic heterocycles. The lowest BCUT2D eigenvalue weighted by Gasteiger charge is -2.03. The number of carbonyl (C=O) groups excluding carboxylic acids is 1. The number of halogens is 1. The van der Waals surface area contributed by atoms with Gasteiger partial charge in [-0.05, 0) is 0 Å². The fourth-order valence-electron chi connectivity index (χ4n) is 0.737. The van der Waals surface area contributed by atoms with Gasteiger partial charge in [-0.3, -0.25) is 10.2 Å². The van der Waals surface area contributed by atoms with Gasteiger partial charge in [-0.1, -0.05) is 11.6 Å². The van der Waals surface area contributed by atoms with Crippen molar-refractivity contribution in [2.45, 2.75) is 0 Å². The van der Waals surface area contributed by atoms with E-state index in [1.165, 1.54) is 6.07 Å². The van der Waals surface area contributed by atoms with E-state index >= 15 is 0 Å². The van der Waals surface area contributed by atoms with Crippen LogP contribution in [0, 0.1) is 0 Å². The summed E-state index contributed by atoms with van der Waals surface area (Å²) in [7, 11) is 0. The lowest BCUT2D eigenvalue weighted by molar-refractivity contribution is -0.138. The van der Waals surface area contributed by atoms with Crippen molar-refractivity contribution in [3.63, 3.8) is 0 Å². The molecule has 0 saturated carbocycles. The van der Waals surface area contributed by atoms with E-state index in [2.05, 4.69) is 9.87 Å². The first-order valence-corrected chi connectivity index (χ1v) is 3.54. The van der Waals surface area contributed by atoms with E-state index in [0.29, 0.717) is 0 Å². The third kappa shape index (κ3) is 2.05. The number of hydrogen-bond donors (Lipinski definition) is 3. The second-order valence-corrected chi connectivity index (χ2v) is 2.46. The Labute approximate surface area is 78.2 Å². The lowest BCUT2D eigenvalue weighted by Crippen LogP contribution is -2.30. The monoisotopic (exact) mass is 203 g/mol. The van der Waals surface area contributed by atoms with Gasteiger partial charge in [0, 0.05) is 12.3 Å². The molecule has 0 aromatic carbocycles. The van der Waals surface area contributed by atoms with Gasteiger partial charge in [0.15, 0.2) is 5.75 Å². The highest BCUT2D eigenvalue weighted by Crippen LogP contribution is 2.20. The minimum atomic E-state index is -0.631. The zero-order chi connectivity index (χ0) is 9.84. The number of rotatable bonds is 2. The van der Waals surface area contributed by atoms with Gasteiger partial charge in [-0.15, -0.1) is 0 Å². The fraction of sp³-hybridized carbons (Fsp3) is 0. The first kappa shape index (κ1) is 9.72. The SMILES string of the molecule is NNC(=O)c1cnc(Cl)cc1OO. The van der Waals surface area contributed by atoms with Crippen LogP contribution in [0.2, 0.25) is 5.15 Å². The maximum atomic E-state index is 11.0. The van der Waals surface area contributed by atoms with E-state index in [1.54, 1.807) is 0 Å². The number of carbonyl (C=O) groups is 1. The predicted molar refractivity (Wildman–Crippen MR) is 44.2 cm³/mol. The zero-order valence-corrected chi connectivity index (χ0v) is 7.08. The number of nitrogen functional groups attached to an aromatic ring is 1. The average molecular weight is 204 g/mol. The van der Waals surface area contributed by atoms with Crippen molar-refractivity contribution >= 4 is 17.5 Å². The Morgan fingerprint density at radius 2 is 2.46 bits per heavy atom. The molecule has 1 rings (SSSR count). The van der Waals surface area contributed by atoms with Gasteiger partial charge in [0.05, 0.1) is 0 Å². The molecule has 4 N–H and O–H groups in total. The Balaban J connectivity index is 3.13. The molecule has 13 heavy (non-hydrogen) atoms. The number of nitrogens with one attached hydrogen (secondary N) is 1. The van der Waals surface area contributed by atoms with Crippen LogP contribution in [-0.2, 0) is 0 Å². The van der Waals surface area contributed by atoms with Gasteiger partial charge in [0.2, 0.25) is 0 Å². The summed E-state index contributed by atoms with van der Waals surface area (Å²) in [4.78, 5) is 18.5. The summed E-state index contributed by atoms with van der Waals surface area (Å²) >= 11 is 5.48. The summed E-state index contributed by atoms with van der Waals surface area (Å²) in [5.41, 5.74) is 1.86. The number of pyridine rings is 1. The third-order valence-electron chi connectivity index (χ3n) is 1.31. The smallest absolute Gasteiger partial charge is 0.270 e. The molecule has 0 bridgehead atoms. The summed E-state index contributed by atoms with van der Waals surface area (Å²) in [6, 6.07) is 1.19. The van der Waals surface area contributed by atoms with Crippen LogP contribution in [0.15, 0.2) is 12.3 Å². The van der Waals surface area contributed by atoms with Gasteiger partial charge in [0.25, 0.3) is 5.91 Å². The number of amides is 1. The van der Waals surface area contributed by atoms with Crippen LogP contribution >= 0.6 is 11.6 Å². The largest absolute Gasteiger partial charge is 0.339 e. The van der Waals surface area contributed by atoms with Gasteiger partial charge in [-0.25, -0.2) is 16.1 Å². The van der Waals surface area contributed by atoms with Crippen molar-refractivity contribution in [1.82, 2.24) is 10.4 Å². The van der Waals surface area contributed by atoms with Gasteiger partial charge < -0.3 is 4.89 Å². The van der Waals surface area contributed by atoms with Crippen molar-refractivity contribution in [2.24, 2.45) is 5.84 Å². The maximum Gasteiger partial charge on any atom is 0.270 e. The van der Waals surface area contributed by atoms with Gasteiger partial charge >= 0.3 is 0 Å². The Morgan fingerprint density at radius 3 is 3.00 bits per heavy atom. The van der Waals surface area contributed by atoms with E-state index in [4.69, 9.17) is 22.7 Å². The predicted octanol–water partition coefficient (Wildman–Crippen LogP) is 0.190. The van der Waals surface area contributed by atoms with Crippen LogP contribution in [0.25, 0.3) is 0 Å². The highest BCUT2D eigenvalue weighted by Gasteiger charge is 2.12. The second-order valence-electron chi connectivity index (χ2n) is 2.07. The van der Waals surface area contributed by atoms with Crippen LogP contribution in [0.4, 0.5) is 0 Å². The number of aromatic nitrogens is 1. The van der Waals surface area contributed by atoms with Gasteiger partial charge in [0.1, 0.15) is 10.7 Å². The summed E-state index contributed by atoms with van der Waals surface area (Å²) in [5, 5.41) is 8.48. The van der Waals surface area contributed by atoms with Gasteiger partial charge in [-0.2, -0.15) is 0 Å². The number of nitrogens with two attached hydrogens (primary N) is 1. The molecule has 0 unspecified atom stereocenters. The Hall–Kier alpha value is -1.37. The topological polar surface area (TPSA) is 97.5 Å². The summed E-state index contributed by atoms with van der Waals surface area (Å²) < 4.78 is 0. The van der Waals surface area contributed by atoms with Crippen molar-refractivity contribution < 1.29 is 14.9 Å². The summed E-state index contributed by atoms with van der Waals surface area (Å²) in [5.74, 6) is 4.13. The molecule has 1 aromatic rings. The van der Waals surface area contributed by atoms with Crippen LogP contribution < -0.4 is 16.2 Å². The first-order valence-electron chi connectivity index (χ1n) is 3.17. The minimum absolute atomic E-state index is 0.00519. The van der Waals surface area contributed by atoms with Crippen molar-refractivity contribution in [1.29, 1.82) is 0 Å². The van der Waals surface area contributed by atoms with E-state index in [1.807, 2.05) is 5.43 Å². The van der Waals surface area contributed by atoms with E-state index in [-0.39, 0.29) is 16.5 Å². The molecular formula is C6H6ClN3O3. The van der Waals surface area contributed by atoms with Crippen LogP contribution in [-0.4, -0.2) is 16.1 Å². The Bertz CT molecular complexity index is 331. The van der Waals surface area contributed by atoms with Crippen LogP contribution in [0.3, 0.4) is 0 Å². The van der Waals surface area contributed by atoms with Crippen molar-refractivity contribution in [2.75, 3.05) is 0 Å². The molecule has 0 spiro atoms. The zero-order valence-electron chi connectivity index (χ0n) is 6.32. The van der Waals surface area contributed by atoms with E-state index < -0.39 is 5.91 Å². The second kappa shape index (κ2) is 4.04. The van der Waals surface area contributed by atoms with Crippen molar-refractivity contribution in [3.8, 4) is 5.75 Å². The maximum absolute atomic E-state index is 11.0. The normalized spacial score (nSPS) is 9.46. The molecule has 1 heterocycles. The lowest BCUT2D eigenvalue weighted by atomic mass is 10.2. The van der Waals surface area contributed by atoms with Crippen LogP contribution in [0.1, 0.15) is 10.4 Å². The molecule has 1 amide bonds. The van der Waals surface area contributed by atoms with Crippen molar-refractivity contribution in [3.05, 3.63) is 23.0 Å². The first-order chi connectivity index (χ1) is 6.19. The standard InChI is InChI=1S/C6H6ClN3O3/c7-5-1-4(13-12)3(2-9-5)6(11)10-8/h1-2,12H,8H2,(H,10,11). The number of hydrogen-bond acceptors (Lipinski definition) is 5. The fourth-order valence-corrected chi connectivity index (χ4v) is 0.885.